The van der Waals surface area contributed by atoms with Crippen molar-refractivity contribution in [2.45, 2.75) is 69.7 Å². The molecule has 0 aromatic heterocycles. The summed E-state index contributed by atoms with van der Waals surface area (Å²) in [6.45, 7) is 2.80. The van der Waals surface area contributed by atoms with Gasteiger partial charge in [-0.3, -0.25) is 0 Å². The Labute approximate surface area is 204 Å². The minimum Gasteiger partial charge on any atom is -0.429 e. The average molecular weight is 520 g/mol. The number of hydrogen-bond acceptors (Lipinski definition) is 3. The molecule has 36 heavy (non-hydrogen) atoms. The zero-order valence-corrected chi connectivity index (χ0v) is 19.6. The van der Waals surface area contributed by atoms with Gasteiger partial charge in [0.05, 0.1) is 11.7 Å². The van der Waals surface area contributed by atoms with Crippen molar-refractivity contribution >= 4 is 0 Å². The number of halogens is 7. The first-order chi connectivity index (χ1) is 16.9. The molecule has 3 nitrogen and oxygen atoms in total. The van der Waals surface area contributed by atoms with Crippen LogP contribution in [0.5, 0.6) is 5.75 Å². The third kappa shape index (κ3) is 5.34. The summed E-state index contributed by atoms with van der Waals surface area (Å²) in [6.07, 6.45) is -0.158. The number of alkyl halides is 2. The first kappa shape index (κ1) is 26.7. The summed E-state index contributed by atoms with van der Waals surface area (Å²) in [5.41, 5.74) is -3.60. The smallest absolute Gasteiger partial charge is 0.429 e. The summed E-state index contributed by atoms with van der Waals surface area (Å²) < 4.78 is 109. The Balaban J connectivity index is 1.49. The Hall–Kier alpha value is -2.33. The van der Waals surface area contributed by atoms with Crippen LogP contribution in [0.15, 0.2) is 24.3 Å². The van der Waals surface area contributed by atoms with Crippen molar-refractivity contribution in [3.63, 3.8) is 0 Å². The average Bonchev–Trinajstić information content (AvgIpc) is 2.82. The van der Waals surface area contributed by atoms with E-state index >= 15 is 0 Å². The van der Waals surface area contributed by atoms with Gasteiger partial charge < -0.3 is 14.6 Å². The predicted octanol–water partition coefficient (Wildman–Crippen LogP) is 7.09. The van der Waals surface area contributed by atoms with Crippen LogP contribution in [0.25, 0.3) is 0 Å². The molecule has 1 saturated heterocycles. The van der Waals surface area contributed by atoms with Crippen LogP contribution in [0.4, 0.5) is 30.7 Å². The fraction of sp³-hybridized carbons (Fsp3) is 0.538. The van der Waals surface area contributed by atoms with Crippen molar-refractivity contribution in [1.82, 2.24) is 0 Å². The van der Waals surface area contributed by atoms with Crippen LogP contribution in [-0.2, 0) is 16.4 Å². The van der Waals surface area contributed by atoms with E-state index in [9.17, 15) is 35.8 Å². The lowest BCUT2D eigenvalue weighted by Gasteiger charge is -2.41. The summed E-state index contributed by atoms with van der Waals surface area (Å²) in [7, 11) is 0. The van der Waals surface area contributed by atoms with Gasteiger partial charge in [0.25, 0.3) is 0 Å². The minimum atomic E-state index is -4.68. The summed E-state index contributed by atoms with van der Waals surface area (Å²) in [6, 6.07) is 1.50. The molecule has 2 fully saturated rings. The molecule has 0 bridgehead atoms. The van der Waals surface area contributed by atoms with Gasteiger partial charge >= 0.3 is 6.11 Å². The molecule has 0 spiro atoms. The highest BCUT2D eigenvalue weighted by Gasteiger charge is 2.44. The summed E-state index contributed by atoms with van der Waals surface area (Å²) in [4.78, 5) is 0. The molecule has 2 atom stereocenters. The van der Waals surface area contributed by atoms with E-state index in [0.29, 0.717) is 37.5 Å². The SMILES string of the molecule is CCC1CCC(C2CCC(O)(c3cc(F)c(C(F)(F)Oc4cc(F)c(F)c(F)c4)c(F)c3)CC2)OC1. The second-order valence-electron chi connectivity index (χ2n) is 9.73. The molecule has 0 amide bonds. The molecule has 1 heterocycles. The summed E-state index contributed by atoms with van der Waals surface area (Å²) in [5, 5.41) is 11.1. The highest BCUT2D eigenvalue weighted by Crippen LogP contribution is 2.44. The van der Waals surface area contributed by atoms with Crippen molar-refractivity contribution in [2.24, 2.45) is 11.8 Å². The van der Waals surface area contributed by atoms with Crippen molar-refractivity contribution in [1.29, 1.82) is 0 Å². The minimum absolute atomic E-state index is 0.0603. The van der Waals surface area contributed by atoms with Crippen LogP contribution < -0.4 is 4.74 Å². The first-order valence-corrected chi connectivity index (χ1v) is 12.0. The van der Waals surface area contributed by atoms with Crippen molar-refractivity contribution in [2.75, 3.05) is 6.61 Å². The van der Waals surface area contributed by atoms with Crippen LogP contribution in [-0.4, -0.2) is 17.8 Å². The van der Waals surface area contributed by atoms with Crippen LogP contribution in [0.1, 0.15) is 63.0 Å². The first-order valence-electron chi connectivity index (χ1n) is 12.0. The quantitative estimate of drug-likeness (QED) is 0.326. The predicted molar refractivity (Wildman–Crippen MR) is 116 cm³/mol. The van der Waals surface area contributed by atoms with Gasteiger partial charge in [-0.15, -0.1) is 0 Å². The van der Waals surface area contributed by atoms with E-state index in [4.69, 9.17) is 4.74 Å². The van der Waals surface area contributed by atoms with Crippen LogP contribution in [0, 0.1) is 40.9 Å². The molecule has 1 N–H and O–H groups in total. The number of benzene rings is 2. The molecule has 2 unspecified atom stereocenters. The van der Waals surface area contributed by atoms with Gasteiger partial charge in [0.15, 0.2) is 17.5 Å². The zero-order chi connectivity index (χ0) is 26.3. The second kappa shape index (κ2) is 10.2. The summed E-state index contributed by atoms with van der Waals surface area (Å²) >= 11 is 0. The van der Waals surface area contributed by atoms with E-state index in [0.717, 1.165) is 19.3 Å². The van der Waals surface area contributed by atoms with E-state index in [2.05, 4.69) is 11.7 Å². The van der Waals surface area contributed by atoms with Gasteiger partial charge in [0.2, 0.25) is 0 Å². The molecule has 1 saturated carbocycles. The van der Waals surface area contributed by atoms with Gasteiger partial charge in [-0.25, -0.2) is 22.0 Å². The van der Waals surface area contributed by atoms with Crippen LogP contribution >= 0.6 is 0 Å². The third-order valence-electron chi connectivity index (χ3n) is 7.44. The molecule has 198 valence electrons. The Bertz CT molecular complexity index is 1040. The lowest BCUT2D eigenvalue weighted by Crippen LogP contribution is -2.39. The van der Waals surface area contributed by atoms with E-state index in [1.54, 1.807) is 0 Å². The Kier molecular flexibility index (Phi) is 7.57. The number of hydrogen-bond donors (Lipinski definition) is 1. The van der Waals surface area contributed by atoms with E-state index in [1.165, 1.54) is 0 Å². The second-order valence-corrected chi connectivity index (χ2v) is 9.73. The zero-order valence-electron chi connectivity index (χ0n) is 19.6. The van der Waals surface area contributed by atoms with E-state index in [-0.39, 0.29) is 42.6 Å². The fourth-order valence-corrected chi connectivity index (χ4v) is 5.21. The van der Waals surface area contributed by atoms with Crippen molar-refractivity contribution in [3.8, 4) is 5.75 Å². The Morgan fingerprint density at radius 3 is 2.00 bits per heavy atom. The van der Waals surface area contributed by atoms with Gasteiger partial charge in [-0.05, 0) is 68.1 Å². The molecule has 2 aromatic carbocycles. The molecule has 2 aliphatic rings. The highest BCUT2D eigenvalue weighted by atomic mass is 19.3. The Morgan fingerprint density at radius 1 is 0.917 bits per heavy atom. The van der Waals surface area contributed by atoms with Gasteiger partial charge in [-0.2, -0.15) is 8.78 Å². The third-order valence-corrected chi connectivity index (χ3v) is 7.44. The van der Waals surface area contributed by atoms with E-state index in [1.807, 2.05) is 0 Å². The number of rotatable bonds is 6. The highest BCUT2D eigenvalue weighted by molar-refractivity contribution is 5.34. The normalized spacial score (nSPS) is 27.2. The molecule has 0 radical (unpaired) electrons. The van der Waals surface area contributed by atoms with Gasteiger partial charge in [0.1, 0.15) is 22.9 Å². The van der Waals surface area contributed by atoms with E-state index < -0.39 is 52.1 Å². The standard InChI is InChI=1S/C26H27F7O3/c1-2-14-3-4-22(35-13-14)15-5-7-25(34,8-6-15)16-9-18(27)23(19(28)10-16)26(32,33)36-17-11-20(29)24(31)21(30)12-17/h9-12,14-15,22,34H,2-8,13H2,1H3. The summed E-state index contributed by atoms with van der Waals surface area (Å²) in [5.74, 6) is -9.36. The van der Waals surface area contributed by atoms with Crippen molar-refractivity contribution in [3.05, 3.63) is 64.5 Å². The Morgan fingerprint density at radius 2 is 1.50 bits per heavy atom. The largest absolute Gasteiger partial charge is 0.432 e. The van der Waals surface area contributed by atoms with Crippen LogP contribution in [0.2, 0.25) is 0 Å². The van der Waals surface area contributed by atoms with Gasteiger partial charge in [-0.1, -0.05) is 13.3 Å². The molecular weight excluding hydrogens is 493 g/mol. The monoisotopic (exact) mass is 520 g/mol. The molecule has 4 rings (SSSR count). The molecule has 1 aliphatic carbocycles. The number of ether oxygens (including phenoxy) is 2. The maximum atomic E-state index is 14.8. The van der Waals surface area contributed by atoms with Gasteiger partial charge in [0, 0.05) is 18.7 Å². The molecule has 10 heteroatoms. The topological polar surface area (TPSA) is 38.7 Å². The lowest BCUT2D eigenvalue weighted by atomic mass is 9.72. The maximum Gasteiger partial charge on any atom is 0.432 e. The fourth-order valence-electron chi connectivity index (χ4n) is 5.21. The van der Waals surface area contributed by atoms with Crippen molar-refractivity contribution < 1.29 is 45.3 Å². The van der Waals surface area contributed by atoms with Crippen LogP contribution in [0.3, 0.4) is 0 Å². The molecule has 1 aliphatic heterocycles. The number of aliphatic hydroxyl groups is 1. The lowest BCUT2D eigenvalue weighted by molar-refractivity contribution is -0.189. The maximum absolute atomic E-state index is 14.8. The molecular formula is C26H27F7O3. The molecule has 2 aromatic rings.